The SMILES string of the molecule is Nc1cc(N)cc(C2c3ccccc3-c3ccccc32)c1. The van der Waals surface area contributed by atoms with Crippen molar-refractivity contribution in [2.75, 3.05) is 11.5 Å². The number of hydrogen-bond acceptors (Lipinski definition) is 2. The first-order valence-electron chi connectivity index (χ1n) is 7.08. The number of nitrogen functional groups attached to an aromatic ring is 2. The third-order valence-electron chi connectivity index (χ3n) is 4.17. The Labute approximate surface area is 124 Å². The summed E-state index contributed by atoms with van der Waals surface area (Å²) in [5.74, 6) is 0.211. The zero-order valence-corrected chi connectivity index (χ0v) is 11.6. The predicted octanol–water partition coefficient (Wildman–Crippen LogP) is 4.01. The molecule has 0 saturated heterocycles. The van der Waals surface area contributed by atoms with Gasteiger partial charge in [-0.25, -0.2) is 0 Å². The molecule has 0 heterocycles. The average Bonchev–Trinajstić information content (AvgIpc) is 2.81. The molecule has 1 aliphatic rings. The lowest BCUT2D eigenvalue weighted by Crippen LogP contribution is -2.01. The van der Waals surface area contributed by atoms with Crippen LogP contribution in [0.4, 0.5) is 11.4 Å². The molecule has 1 aliphatic carbocycles. The Morgan fingerprint density at radius 3 is 1.62 bits per heavy atom. The van der Waals surface area contributed by atoms with E-state index in [0.717, 1.165) is 5.56 Å². The summed E-state index contributed by atoms with van der Waals surface area (Å²) in [5, 5.41) is 0. The van der Waals surface area contributed by atoms with Gasteiger partial charge in [0.25, 0.3) is 0 Å². The second kappa shape index (κ2) is 4.38. The van der Waals surface area contributed by atoms with E-state index in [4.69, 9.17) is 11.5 Å². The van der Waals surface area contributed by atoms with Crippen molar-refractivity contribution < 1.29 is 0 Å². The standard InChI is InChI=1S/C19H16N2/c20-13-9-12(10-14(21)11-13)19-17-7-3-1-5-15(17)16-6-2-4-8-18(16)19/h1-11,19H,20-21H2. The van der Waals surface area contributed by atoms with Gasteiger partial charge in [0.2, 0.25) is 0 Å². The molecule has 0 saturated carbocycles. The third-order valence-corrected chi connectivity index (χ3v) is 4.17. The van der Waals surface area contributed by atoms with Gasteiger partial charge in [-0.3, -0.25) is 0 Å². The summed E-state index contributed by atoms with van der Waals surface area (Å²) in [6.07, 6.45) is 0. The van der Waals surface area contributed by atoms with E-state index in [0.29, 0.717) is 11.4 Å². The fourth-order valence-corrected chi connectivity index (χ4v) is 3.38. The minimum atomic E-state index is 0.211. The van der Waals surface area contributed by atoms with Gasteiger partial charge < -0.3 is 11.5 Å². The molecule has 2 nitrogen and oxygen atoms in total. The molecular weight excluding hydrogens is 256 g/mol. The molecule has 0 aliphatic heterocycles. The summed E-state index contributed by atoms with van der Waals surface area (Å²) in [5.41, 5.74) is 19.8. The van der Waals surface area contributed by atoms with E-state index in [9.17, 15) is 0 Å². The minimum Gasteiger partial charge on any atom is -0.399 e. The molecule has 0 bridgehead atoms. The van der Waals surface area contributed by atoms with E-state index < -0.39 is 0 Å². The Balaban J connectivity index is 2.00. The van der Waals surface area contributed by atoms with Crippen LogP contribution in [0.15, 0.2) is 66.7 Å². The largest absolute Gasteiger partial charge is 0.399 e. The fraction of sp³-hybridized carbons (Fsp3) is 0.0526. The van der Waals surface area contributed by atoms with Crippen LogP contribution in [-0.2, 0) is 0 Å². The maximum Gasteiger partial charge on any atom is 0.0353 e. The van der Waals surface area contributed by atoms with E-state index in [1.54, 1.807) is 6.07 Å². The molecule has 2 heteroatoms. The molecule has 3 aromatic carbocycles. The Hall–Kier alpha value is -2.74. The topological polar surface area (TPSA) is 52.0 Å². The van der Waals surface area contributed by atoms with Crippen LogP contribution in [0.25, 0.3) is 11.1 Å². The van der Waals surface area contributed by atoms with Crippen molar-refractivity contribution in [1.29, 1.82) is 0 Å². The first kappa shape index (κ1) is 12.0. The molecule has 0 aromatic heterocycles. The molecule has 4 N–H and O–H groups in total. The van der Waals surface area contributed by atoms with Crippen LogP contribution in [0, 0.1) is 0 Å². The molecule has 4 rings (SSSR count). The molecular formula is C19H16N2. The van der Waals surface area contributed by atoms with Crippen molar-refractivity contribution in [3.8, 4) is 11.1 Å². The van der Waals surface area contributed by atoms with Gasteiger partial charge in [-0.1, -0.05) is 48.5 Å². The highest BCUT2D eigenvalue weighted by Gasteiger charge is 2.29. The smallest absolute Gasteiger partial charge is 0.0353 e. The van der Waals surface area contributed by atoms with Crippen molar-refractivity contribution in [3.63, 3.8) is 0 Å². The zero-order valence-electron chi connectivity index (χ0n) is 11.6. The lowest BCUT2D eigenvalue weighted by atomic mass is 9.89. The van der Waals surface area contributed by atoms with Gasteiger partial charge in [-0.15, -0.1) is 0 Å². The van der Waals surface area contributed by atoms with E-state index in [2.05, 4.69) is 48.5 Å². The second-order valence-corrected chi connectivity index (χ2v) is 5.54. The van der Waals surface area contributed by atoms with Gasteiger partial charge in [0.05, 0.1) is 0 Å². The summed E-state index contributed by atoms with van der Waals surface area (Å²) in [6.45, 7) is 0. The molecule has 0 radical (unpaired) electrons. The minimum absolute atomic E-state index is 0.211. The molecule has 3 aromatic rings. The maximum absolute atomic E-state index is 5.99. The summed E-state index contributed by atoms with van der Waals surface area (Å²) >= 11 is 0. The molecule has 0 spiro atoms. The first-order valence-corrected chi connectivity index (χ1v) is 7.08. The summed E-state index contributed by atoms with van der Waals surface area (Å²) in [7, 11) is 0. The van der Waals surface area contributed by atoms with Crippen LogP contribution in [-0.4, -0.2) is 0 Å². The highest BCUT2D eigenvalue weighted by molar-refractivity contribution is 5.81. The van der Waals surface area contributed by atoms with Gasteiger partial charge in [0.1, 0.15) is 0 Å². The van der Waals surface area contributed by atoms with Gasteiger partial charge in [0.15, 0.2) is 0 Å². The van der Waals surface area contributed by atoms with E-state index in [1.165, 1.54) is 22.3 Å². The van der Waals surface area contributed by atoms with Crippen LogP contribution >= 0.6 is 0 Å². The summed E-state index contributed by atoms with van der Waals surface area (Å²) in [6, 6.07) is 23.0. The number of hydrogen-bond donors (Lipinski definition) is 2. The summed E-state index contributed by atoms with van der Waals surface area (Å²) < 4.78 is 0. The first-order chi connectivity index (χ1) is 10.2. The van der Waals surface area contributed by atoms with Crippen LogP contribution in [0.3, 0.4) is 0 Å². The van der Waals surface area contributed by atoms with Crippen molar-refractivity contribution in [3.05, 3.63) is 83.4 Å². The molecule has 0 fully saturated rings. The normalized spacial score (nSPS) is 13.0. The Kier molecular flexibility index (Phi) is 2.51. The predicted molar refractivity (Wildman–Crippen MR) is 88.1 cm³/mol. The number of rotatable bonds is 1. The fourth-order valence-electron chi connectivity index (χ4n) is 3.38. The lowest BCUT2D eigenvalue weighted by Gasteiger charge is -2.15. The lowest BCUT2D eigenvalue weighted by molar-refractivity contribution is 1.02. The van der Waals surface area contributed by atoms with Crippen molar-refractivity contribution in [2.24, 2.45) is 0 Å². The third kappa shape index (κ3) is 1.80. The zero-order chi connectivity index (χ0) is 14.4. The molecule has 21 heavy (non-hydrogen) atoms. The van der Waals surface area contributed by atoms with Crippen molar-refractivity contribution >= 4 is 11.4 Å². The number of anilines is 2. The Bertz CT molecular complexity index is 771. The molecule has 0 atom stereocenters. The highest BCUT2D eigenvalue weighted by atomic mass is 14.6. The average molecular weight is 272 g/mol. The van der Waals surface area contributed by atoms with Crippen LogP contribution in [0.2, 0.25) is 0 Å². The van der Waals surface area contributed by atoms with Crippen LogP contribution < -0.4 is 11.5 Å². The molecule has 0 amide bonds. The van der Waals surface area contributed by atoms with Gasteiger partial charge in [-0.2, -0.15) is 0 Å². The summed E-state index contributed by atoms with van der Waals surface area (Å²) in [4.78, 5) is 0. The van der Waals surface area contributed by atoms with Crippen LogP contribution in [0.5, 0.6) is 0 Å². The van der Waals surface area contributed by atoms with Crippen molar-refractivity contribution in [2.45, 2.75) is 5.92 Å². The van der Waals surface area contributed by atoms with Gasteiger partial charge >= 0.3 is 0 Å². The number of benzene rings is 3. The monoisotopic (exact) mass is 272 g/mol. The second-order valence-electron chi connectivity index (χ2n) is 5.54. The number of fused-ring (bicyclic) bond motifs is 3. The van der Waals surface area contributed by atoms with Gasteiger partial charge in [0, 0.05) is 17.3 Å². The molecule has 102 valence electrons. The Morgan fingerprint density at radius 1 is 0.619 bits per heavy atom. The van der Waals surface area contributed by atoms with E-state index >= 15 is 0 Å². The van der Waals surface area contributed by atoms with E-state index in [-0.39, 0.29) is 5.92 Å². The molecule has 0 unspecified atom stereocenters. The number of nitrogens with two attached hydrogens (primary N) is 2. The van der Waals surface area contributed by atoms with Crippen molar-refractivity contribution in [1.82, 2.24) is 0 Å². The van der Waals surface area contributed by atoms with E-state index in [1.807, 2.05) is 12.1 Å². The van der Waals surface area contributed by atoms with Crippen LogP contribution in [0.1, 0.15) is 22.6 Å². The van der Waals surface area contributed by atoms with Gasteiger partial charge in [-0.05, 0) is 46.0 Å². The highest BCUT2D eigenvalue weighted by Crippen LogP contribution is 2.48. The Morgan fingerprint density at radius 2 is 1.10 bits per heavy atom. The maximum atomic E-state index is 5.99. The quantitative estimate of drug-likeness (QED) is 0.514.